The van der Waals surface area contributed by atoms with Gasteiger partial charge in [0.25, 0.3) is 0 Å². The molecule has 0 saturated carbocycles. The average molecular weight is 300 g/mol. The molecule has 2 rings (SSSR count). The van der Waals surface area contributed by atoms with Gasteiger partial charge in [-0.15, -0.1) is 0 Å². The number of rotatable bonds is 4. The van der Waals surface area contributed by atoms with Crippen molar-refractivity contribution in [1.29, 1.82) is 0 Å². The number of hydrogen-bond donors (Lipinski definition) is 0. The van der Waals surface area contributed by atoms with Crippen molar-refractivity contribution in [2.24, 2.45) is 5.92 Å². The number of carbonyl (C=O) groups is 1. The Morgan fingerprint density at radius 1 is 1.42 bits per heavy atom. The van der Waals surface area contributed by atoms with Crippen molar-refractivity contribution in [1.82, 2.24) is 15.1 Å². The summed E-state index contributed by atoms with van der Waals surface area (Å²) in [5.41, 5.74) is 0.373. The van der Waals surface area contributed by atoms with Gasteiger partial charge in [0.05, 0.1) is 16.5 Å². The van der Waals surface area contributed by atoms with E-state index in [9.17, 15) is 4.79 Å². The first kappa shape index (κ1) is 14.0. The zero-order valence-electron chi connectivity index (χ0n) is 10.4. The fourth-order valence-electron chi connectivity index (χ4n) is 1.36. The van der Waals surface area contributed by atoms with Crippen LogP contribution in [-0.4, -0.2) is 20.9 Å². The van der Waals surface area contributed by atoms with E-state index >= 15 is 0 Å². The van der Waals surface area contributed by atoms with Gasteiger partial charge in [0.2, 0.25) is 11.7 Å². The molecule has 0 radical (unpaired) electrons. The number of pyridine rings is 1. The van der Waals surface area contributed by atoms with E-state index in [2.05, 4.69) is 15.1 Å². The molecule has 7 heteroatoms. The number of Topliss-reactive ketones (excluding diaryl/α,β-unsaturated/α-hetero) is 1. The van der Waals surface area contributed by atoms with Crippen molar-refractivity contribution < 1.29 is 9.32 Å². The quantitative estimate of drug-likeness (QED) is 0.867. The summed E-state index contributed by atoms with van der Waals surface area (Å²) in [4.78, 5) is 19.7. The summed E-state index contributed by atoms with van der Waals surface area (Å²) in [5, 5.41) is 4.51. The molecule has 0 atom stereocenters. The largest absolute Gasteiger partial charge is 0.338 e. The van der Waals surface area contributed by atoms with Crippen LogP contribution in [0.4, 0.5) is 0 Å². The maximum Gasteiger partial charge on any atom is 0.234 e. The lowest BCUT2D eigenvalue weighted by atomic mass is 10.1. The van der Waals surface area contributed by atoms with Crippen molar-refractivity contribution in [3.8, 4) is 11.5 Å². The van der Waals surface area contributed by atoms with Crippen molar-refractivity contribution in [2.75, 3.05) is 0 Å². The minimum Gasteiger partial charge on any atom is -0.338 e. The van der Waals surface area contributed by atoms with Crippen LogP contribution in [0.2, 0.25) is 10.0 Å². The fourth-order valence-corrected chi connectivity index (χ4v) is 1.82. The molecule has 100 valence electrons. The molecular weight excluding hydrogens is 289 g/mol. The van der Waals surface area contributed by atoms with E-state index in [1.54, 1.807) is 6.07 Å². The Kier molecular flexibility index (Phi) is 4.17. The molecule has 2 heterocycles. The second-order valence-electron chi connectivity index (χ2n) is 4.29. The van der Waals surface area contributed by atoms with Gasteiger partial charge in [-0.05, 0) is 6.07 Å². The van der Waals surface area contributed by atoms with Crippen LogP contribution < -0.4 is 0 Å². The molecule has 19 heavy (non-hydrogen) atoms. The van der Waals surface area contributed by atoms with Gasteiger partial charge in [-0.3, -0.25) is 4.79 Å². The average Bonchev–Trinajstić information content (AvgIpc) is 2.77. The van der Waals surface area contributed by atoms with Gasteiger partial charge in [-0.2, -0.15) is 4.98 Å². The number of nitrogens with zero attached hydrogens (tertiary/aromatic N) is 3. The molecule has 0 aliphatic rings. The van der Waals surface area contributed by atoms with Crippen LogP contribution in [-0.2, 0) is 11.2 Å². The van der Waals surface area contributed by atoms with Gasteiger partial charge >= 0.3 is 0 Å². The highest BCUT2D eigenvalue weighted by Gasteiger charge is 2.17. The van der Waals surface area contributed by atoms with Gasteiger partial charge in [0.15, 0.2) is 0 Å². The number of hydrogen-bond acceptors (Lipinski definition) is 5. The highest BCUT2D eigenvalue weighted by atomic mass is 35.5. The Hall–Kier alpha value is -1.46. The zero-order valence-corrected chi connectivity index (χ0v) is 11.9. The smallest absolute Gasteiger partial charge is 0.234 e. The monoisotopic (exact) mass is 299 g/mol. The van der Waals surface area contributed by atoms with Crippen molar-refractivity contribution in [2.45, 2.75) is 20.3 Å². The molecular formula is C12H11Cl2N3O2. The third kappa shape index (κ3) is 3.30. The molecule has 0 fully saturated rings. The topological polar surface area (TPSA) is 68.9 Å². The highest BCUT2D eigenvalue weighted by Crippen LogP contribution is 2.25. The van der Waals surface area contributed by atoms with Crippen molar-refractivity contribution >= 4 is 29.0 Å². The molecule has 0 unspecified atom stereocenters. The first-order valence-corrected chi connectivity index (χ1v) is 6.39. The van der Waals surface area contributed by atoms with Gasteiger partial charge in [0.1, 0.15) is 11.5 Å². The van der Waals surface area contributed by atoms with E-state index in [4.69, 9.17) is 27.7 Å². The maximum absolute atomic E-state index is 11.6. The Morgan fingerprint density at radius 2 is 2.16 bits per heavy atom. The summed E-state index contributed by atoms with van der Waals surface area (Å²) < 4.78 is 5.01. The third-order valence-corrected chi connectivity index (χ3v) is 2.95. The summed E-state index contributed by atoms with van der Waals surface area (Å²) in [5.74, 6) is 0.452. The lowest BCUT2D eigenvalue weighted by Crippen LogP contribution is -2.10. The third-order valence-electron chi connectivity index (χ3n) is 2.46. The summed E-state index contributed by atoms with van der Waals surface area (Å²) in [6, 6.07) is 1.54. The number of ketones is 1. The predicted octanol–water partition coefficient (Wildman–Crippen LogP) is 3.21. The van der Waals surface area contributed by atoms with Crippen molar-refractivity contribution in [3.63, 3.8) is 0 Å². The second kappa shape index (κ2) is 5.67. The highest BCUT2D eigenvalue weighted by molar-refractivity contribution is 6.35. The van der Waals surface area contributed by atoms with Gasteiger partial charge in [0, 0.05) is 12.1 Å². The number of carbonyl (C=O) groups excluding carboxylic acids is 1. The van der Waals surface area contributed by atoms with Crippen LogP contribution in [0.3, 0.4) is 0 Å². The van der Waals surface area contributed by atoms with Crippen LogP contribution in [0.1, 0.15) is 19.7 Å². The molecule has 0 aliphatic carbocycles. The first-order valence-electron chi connectivity index (χ1n) is 5.64. The molecule has 0 bridgehead atoms. The van der Waals surface area contributed by atoms with E-state index in [1.165, 1.54) is 6.20 Å². The zero-order chi connectivity index (χ0) is 14.0. The molecule has 0 aliphatic heterocycles. The van der Waals surface area contributed by atoms with E-state index < -0.39 is 0 Å². The molecule has 0 amide bonds. The summed E-state index contributed by atoms with van der Waals surface area (Å²) in [6.07, 6.45) is 1.55. The van der Waals surface area contributed by atoms with E-state index in [1.807, 2.05) is 13.8 Å². The van der Waals surface area contributed by atoms with Crippen LogP contribution in [0.25, 0.3) is 11.5 Å². The molecule has 0 spiro atoms. The molecule has 2 aromatic heterocycles. The number of halogens is 2. The van der Waals surface area contributed by atoms with Gasteiger partial charge in [-0.25, -0.2) is 4.98 Å². The minimum absolute atomic E-state index is 0.0327. The predicted molar refractivity (Wildman–Crippen MR) is 71.1 cm³/mol. The lowest BCUT2D eigenvalue weighted by Gasteiger charge is -1.99. The minimum atomic E-state index is -0.0763. The molecule has 0 N–H and O–H groups in total. The fraction of sp³-hybridized carbons (Fsp3) is 0.333. The van der Waals surface area contributed by atoms with E-state index in [0.29, 0.717) is 15.7 Å². The van der Waals surface area contributed by atoms with Crippen LogP contribution in [0, 0.1) is 5.92 Å². The van der Waals surface area contributed by atoms with Crippen molar-refractivity contribution in [3.05, 3.63) is 28.2 Å². The Morgan fingerprint density at radius 3 is 2.79 bits per heavy atom. The Balaban J connectivity index is 2.23. The van der Waals surface area contributed by atoms with Gasteiger partial charge in [-0.1, -0.05) is 42.2 Å². The van der Waals surface area contributed by atoms with Gasteiger partial charge < -0.3 is 4.52 Å². The number of aromatic nitrogens is 3. The molecule has 0 aromatic carbocycles. The van der Waals surface area contributed by atoms with Crippen LogP contribution in [0.5, 0.6) is 0 Å². The van der Waals surface area contributed by atoms with E-state index in [-0.39, 0.29) is 29.8 Å². The molecule has 2 aromatic rings. The normalized spacial score (nSPS) is 11.0. The van der Waals surface area contributed by atoms with Crippen LogP contribution in [0.15, 0.2) is 16.8 Å². The van der Waals surface area contributed by atoms with E-state index in [0.717, 1.165) is 0 Å². The summed E-state index contributed by atoms with van der Waals surface area (Å²) >= 11 is 11.8. The Labute approximate surface area is 119 Å². The summed E-state index contributed by atoms with van der Waals surface area (Å²) in [6.45, 7) is 3.63. The van der Waals surface area contributed by atoms with Crippen LogP contribution >= 0.6 is 23.2 Å². The second-order valence-corrected chi connectivity index (χ2v) is 5.14. The molecule has 0 saturated heterocycles. The lowest BCUT2D eigenvalue weighted by molar-refractivity contribution is -0.121. The standard InChI is InChI=1S/C12H11Cl2N3O2/c1-6(2)9(18)4-10-16-12(17-19-10)11-8(14)3-7(13)5-15-11/h3,5-6H,4H2,1-2H3. The first-order chi connectivity index (χ1) is 8.97. The summed E-state index contributed by atoms with van der Waals surface area (Å²) in [7, 11) is 0. The Bertz CT molecular complexity index is 611. The SMILES string of the molecule is CC(C)C(=O)Cc1nc(-c2ncc(Cl)cc2Cl)no1. The molecule has 5 nitrogen and oxygen atoms in total. The maximum atomic E-state index is 11.6.